The van der Waals surface area contributed by atoms with Crippen molar-refractivity contribution >= 4 is 81.3 Å². The zero-order valence-corrected chi connectivity index (χ0v) is 30.6. The molecule has 11 rings (SSSR count). The second kappa shape index (κ2) is 12.9. The number of hydrogen-bond acceptors (Lipinski definition) is 3. The van der Waals surface area contributed by atoms with Crippen LogP contribution in [0.5, 0.6) is 0 Å². The predicted octanol–water partition coefficient (Wildman–Crippen LogP) is 15.6. The lowest BCUT2D eigenvalue weighted by atomic mass is 9.91. The molecule has 0 aliphatic rings. The summed E-state index contributed by atoms with van der Waals surface area (Å²) in [5.74, 6) is 0. The Hall–Kier alpha value is -6.94. The van der Waals surface area contributed by atoms with Gasteiger partial charge in [0.25, 0.3) is 0 Å². The van der Waals surface area contributed by atoms with E-state index in [4.69, 9.17) is 4.42 Å². The molecule has 0 saturated carbocycles. The minimum absolute atomic E-state index is 0.863. The van der Waals surface area contributed by atoms with Crippen molar-refractivity contribution in [1.82, 2.24) is 0 Å². The topological polar surface area (TPSA) is 16.4 Å². The molecule has 2 aromatic heterocycles. The number of furan rings is 1. The van der Waals surface area contributed by atoms with Crippen molar-refractivity contribution in [2.24, 2.45) is 0 Å². The number of rotatable bonds is 6. The van der Waals surface area contributed by atoms with E-state index in [1.807, 2.05) is 11.3 Å². The van der Waals surface area contributed by atoms with Gasteiger partial charge in [-0.1, -0.05) is 146 Å². The predicted molar refractivity (Wildman–Crippen MR) is 235 cm³/mol. The molecule has 0 N–H and O–H groups in total. The Kier molecular flexibility index (Phi) is 7.39. The molecule has 0 unspecified atom stereocenters. The first-order chi connectivity index (χ1) is 27.3. The Morgan fingerprint density at radius 3 is 1.75 bits per heavy atom. The van der Waals surface area contributed by atoms with Crippen molar-refractivity contribution < 1.29 is 4.42 Å². The van der Waals surface area contributed by atoms with Gasteiger partial charge in [-0.15, -0.1) is 11.3 Å². The third kappa shape index (κ3) is 5.32. The number of nitrogens with zero attached hydrogens (tertiary/aromatic N) is 1. The lowest BCUT2D eigenvalue weighted by Crippen LogP contribution is -2.10. The van der Waals surface area contributed by atoms with Gasteiger partial charge in [-0.05, 0) is 92.7 Å². The number of fused-ring (bicyclic) bond motifs is 7. The van der Waals surface area contributed by atoms with Crippen molar-refractivity contribution in [3.05, 3.63) is 200 Å². The Morgan fingerprint density at radius 1 is 0.382 bits per heavy atom. The summed E-state index contributed by atoms with van der Waals surface area (Å²) in [4.78, 5) is 2.38. The van der Waals surface area contributed by atoms with Gasteiger partial charge in [-0.2, -0.15) is 0 Å². The molecule has 0 atom stereocenters. The highest BCUT2D eigenvalue weighted by Gasteiger charge is 2.20. The molecule has 0 aliphatic heterocycles. The summed E-state index contributed by atoms with van der Waals surface area (Å²) in [6, 6.07) is 72.0. The SMILES string of the molecule is c1ccc(-c2ccc(N(c3ccc4c(c3)oc3cc(-c5cccc6cccc(-c7ccccc7)c56)ccc34)c3cccc4c3sc3ccccc34)cc2)cc1. The van der Waals surface area contributed by atoms with Crippen molar-refractivity contribution in [3.63, 3.8) is 0 Å². The van der Waals surface area contributed by atoms with Crippen molar-refractivity contribution in [2.45, 2.75) is 0 Å². The highest BCUT2D eigenvalue weighted by molar-refractivity contribution is 7.26. The average Bonchev–Trinajstić information content (AvgIpc) is 3.82. The van der Waals surface area contributed by atoms with Crippen LogP contribution in [0.3, 0.4) is 0 Å². The quantitative estimate of drug-likeness (QED) is 0.170. The van der Waals surface area contributed by atoms with Crippen LogP contribution in [0.1, 0.15) is 0 Å². The number of anilines is 3. The third-order valence-corrected chi connectivity index (χ3v) is 12.1. The maximum absolute atomic E-state index is 6.79. The van der Waals surface area contributed by atoms with Gasteiger partial charge in [0.05, 0.1) is 10.4 Å². The summed E-state index contributed by atoms with van der Waals surface area (Å²) in [5.41, 5.74) is 12.2. The normalized spacial score (nSPS) is 11.6. The van der Waals surface area contributed by atoms with E-state index in [1.54, 1.807) is 0 Å². The molecule has 258 valence electrons. The van der Waals surface area contributed by atoms with Crippen LogP contribution in [0.2, 0.25) is 0 Å². The molecule has 0 aliphatic carbocycles. The first-order valence-electron chi connectivity index (χ1n) is 18.7. The van der Waals surface area contributed by atoms with Gasteiger partial charge >= 0.3 is 0 Å². The summed E-state index contributed by atoms with van der Waals surface area (Å²) in [7, 11) is 0. The molecule has 0 amide bonds. The second-order valence-corrected chi connectivity index (χ2v) is 15.1. The van der Waals surface area contributed by atoms with E-state index in [9.17, 15) is 0 Å². The molecule has 0 bridgehead atoms. The van der Waals surface area contributed by atoms with Crippen LogP contribution < -0.4 is 4.90 Å². The van der Waals surface area contributed by atoms with Gasteiger partial charge in [0, 0.05) is 43.7 Å². The van der Waals surface area contributed by atoms with E-state index < -0.39 is 0 Å². The van der Waals surface area contributed by atoms with E-state index >= 15 is 0 Å². The molecule has 0 fully saturated rings. The van der Waals surface area contributed by atoms with Crippen molar-refractivity contribution in [3.8, 4) is 33.4 Å². The first kappa shape index (κ1) is 31.6. The highest BCUT2D eigenvalue weighted by atomic mass is 32.1. The zero-order chi connectivity index (χ0) is 36.3. The van der Waals surface area contributed by atoms with Crippen LogP contribution in [0.25, 0.3) is 86.3 Å². The summed E-state index contributed by atoms with van der Waals surface area (Å²) in [6.07, 6.45) is 0. The van der Waals surface area contributed by atoms with Crippen molar-refractivity contribution in [1.29, 1.82) is 0 Å². The summed E-state index contributed by atoms with van der Waals surface area (Å²) >= 11 is 1.85. The second-order valence-electron chi connectivity index (χ2n) is 14.1. The molecule has 0 radical (unpaired) electrons. The van der Waals surface area contributed by atoms with Crippen LogP contribution in [-0.4, -0.2) is 0 Å². The minimum Gasteiger partial charge on any atom is -0.456 e. The van der Waals surface area contributed by atoms with Crippen LogP contribution in [0.4, 0.5) is 17.1 Å². The van der Waals surface area contributed by atoms with Crippen LogP contribution >= 0.6 is 11.3 Å². The molecule has 3 heteroatoms. The molecule has 0 saturated heterocycles. The Labute approximate surface area is 322 Å². The summed E-state index contributed by atoms with van der Waals surface area (Å²) in [5, 5.41) is 7.24. The van der Waals surface area contributed by atoms with Gasteiger partial charge < -0.3 is 9.32 Å². The van der Waals surface area contributed by atoms with Gasteiger partial charge in [0.2, 0.25) is 0 Å². The van der Waals surface area contributed by atoms with Crippen LogP contribution in [0.15, 0.2) is 205 Å². The molecule has 9 aromatic carbocycles. The number of thiophene rings is 1. The molecule has 11 aromatic rings. The minimum atomic E-state index is 0.863. The molecular weight excluding hydrogens is 687 g/mol. The van der Waals surface area contributed by atoms with Crippen LogP contribution in [0, 0.1) is 0 Å². The Balaban J connectivity index is 1.06. The summed E-state index contributed by atoms with van der Waals surface area (Å²) < 4.78 is 9.34. The van der Waals surface area contributed by atoms with E-state index in [0.717, 1.165) is 44.6 Å². The fourth-order valence-corrected chi connectivity index (χ4v) is 9.49. The number of hydrogen-bond donors (Lipinski definition) is 0. The van der Waals surface area contributed by atoms with E-state index in [2.05, 4.69) is 205 Å². The standard InChI is InChI=1S/C52H33NOS/c1-3-12-34(13-4-1)35-24-27-39(28-25-35)53(47-22-11-21-46-45-18-7-8-23-50(45)55-52(46)47)40-29-31-44-43-30-26-38(32-48(43)54-49(44)33-40)42-20-10-17-37-16-9-19-41(51(37)42)36-14-5-2-6-15-36/h1-33H. The lowest BCUT2D eigenvalue weighted by molar-refractivity contribution is 0.669. The monoisotopic (exact) mass is 719 g/mol. The maximum Gasteiger partial charge on any atom is 0.137 e. The van der Waals surface area contributed by atoms with E-state index in [1.165, 1.54) is 58.8 Å². The Morgan fingerprint density at radius 2 is 0.964 bits per heavy atom. The smallest absolute Gasteiger partial charge is 0.137 e. The summed E-state index contributed by atoms with van der Waals surface area (Å²) in [6.45, 7) is 0. The Bertz CT molecular complexity index is 3190. The first-order valence-corrected chi connectivity index (χ1v) is 19.5. The van der Waals surface area contributed by atoms with Gasteiger partial charge in [0.15, 0.2) is 0 Å². The molecule has 55 heavy (non-hydrogen) atoms. The third-order valence-electron chi connectivity index (χ3n) is 10.9. The zero-order valence-electron chi connectivity index (χ0n) is 29.8. The lowest BCUT2D eigenvalue weighted by Gasteiger charge is -2.26. The van der Waals surface area contributed by atoms with Crippen LogP contribution in [-0.2, 0) is 0 Å². The van der Waals surface area contributed by atoms with Gasteiger partial charge in [-0.3, -0.25) is 0 Å². The number of benzene rings is 9. The fraction of sp³-hybridized carbons (Fsp3) is 0. The molecule has 2 nitrogen and oxygen atoms in total. The molecule has 0 spiro atoms. The molecular formula is C52H33NOS. The molecule has 2 heterocycles. The van der Waals surface area contributed by atoms with E-state index in [0.29, 0.717) is 0 Å². The maximum atomic E-state index is 6.79. The van der Waals surface area contributed by atoms with Gasteiger partial charge in [0.1, 0.15) is 11.2 Å². The fourth-order valence-electron chi connectivity index (χ4n) is 8.28. The highest BCUT2D eigenvalue weighted by Crippen LogP contribution is 2.46. The average molecular weight is 720 g/mol. The largest absolute Gasteiger partial charge is 0.456 e. The van der Waals surface area contributed by atoms with Gasteiger partial charge in [-0.25, -0.2) is 0 Å². The van der Waals surface area contributed by atoms with E-state index in [-0.39, 0.29) is 0 Å². The van der Waals surface area contributed by atoms with Crippen molar-refractivity contribution in [2.75, 3.05) is 4.90 Å².